The van der Waals surface area contributed by atoms with E-state index in [0.29, 0.717) is 25.6 Å². The van der Waals surface area contributed by atoms with Crippen LogP contribution in [-0.2, 0) is 6.18 Å². The maximum Gasteiger partial charge on any atom is 0.417 e. The lowest BCUT2D eigenvalue weighted by Gasteiger charge is -2.11. The molecule has 0 atom stereocenters. The van der Waals surface area contributed by atoms with Gasteiger partial charge in [-0.15, -0.1) is 0 Å². The van der Waals surface area contributed by atoms with Crippen LogP contribution in [0.3, 0.4) is 0 Å². The lowest BCUT2D eigenvalue weighted by Crippen LogP contribution is -2.17. The molecule has 10 heteroatoms. The van der Waals surface area contributed by atoms with Gasteiger partial charge in [0.15, 0.2) is 5.82 Å². The first-order chi connectivity index (χ1) is 12.7. The van der Waals surface area contributed by atoms with E-state index in [9.17, 15) is 26.7 Å². The number of carbonyl (C=O) groups excluding carboxylic acids is 1. The zero-order valence-corrected chi connectivity index (χ0v) is 13.9. The van der Waals surface area contributed by atoms with Crippen LogP contribution in [0, 0.1) is 11.6 Å². The van der Waals surface area contributed by atoms with E-state index in [1.165, 1.54) is 0 Å². The quantitative estimate of drug-likeness (QED) is 0.533. The molecule has 0 aliphatic rings. The number of nitrogens with one attached hydrogen (secondary N) is 1. The van der Waals surface area contributed by atoms with Crippen molar-refractivity contribution in [2.75, 3.05) is 18.5 Å². The summed E-state index contributed by atoms with van der Waals surface area (Å²) in [5.74, 6) is -3.24. The van der Waals surface area contributed by atoms with E-state index >= 15 is 0 Å². The van der Waals surface area contributed by atoms with Gasteiger partial charge in [0.2, 0.25) is 5.88 Å². The van der Waals surface area contributed by atoms with Crippen LogP contribution < -0.4 is 15.8 Å². The molecular formula is C17H16F5N3O2. The first-order valence-electron chi connectivity index (χ1n) is 7.88. The fourth-order valence-electron chi connectivity index (χ4n) is 2.18. The van der Waals surface area contributed by atoms with Gasteiger partial charge in [-0.1, -0.05) is 0 Å². The minimum atomic E-state index is -4.46. The molecule has 1 amide bonds. The van der Waals surface area contributed by atoms with E-state index in [-0.39, 0.29) is 18.2 Å². The SMILES string of the molecule is NC(=O)c1c(F)ccc(NCCCCOc2ccc(C(F)(F)F)cn2)c1F. The van der Waals surface area contributed by atoms with Crippen LogP contribution >= 0.6 is 0 Å². The number of nitrogens with zero attached hydrogens (tertiary/aromatic N) is 1. The highest BCUT2D eigenvalue weighted by Gasteiger charge is 2.30. The van der Waals surface area contributed by atoms with Gasteiger partial charge < -0.3 is 15.8 Å². The zero-order chi connectivity index (χ0) is 20.0. The summed E-state index contributed by atoms with van der Waals surface area (Å²) in [6.07, 6.45) is -2.75. The lowest BCUT2D eigenvalue weighted by molar-refractivity contribution is -0.137. The largest absolute Gasteiger partial charge is 0.478 e. The predicted octanol–water partition coefficient (Wildman–Crippen LogP) is 3.75. The number of unbranched alkanes of at least 4 members (excludes halogenated alkanes) is 1. The highest BCUT2D eigenvalue weighted by Crippen LogP contribution is 2.29. The minimum absolute atomic E-state index is 0.0597. The Kier molecular flexibility index (Phi) is 6.54. The molecule has 0 aliphatic carbocycles. The third-order valence-corrected chi connectivity index (χ3v) is 3.54. The first-order valence-corrected chi connectivity index (χ1v) is 7.88. The van der Waals surface area contributed by atoms with E-state index in [4.69, 9.17) is 10.5 Å². The molecule has 1 aromatic heterocycles. The molecule has 2 aromatic rings. The summed E-state index contributed by atoms with van der Waals surface area (Å²) in [5, 5.41) is 2.71. The van der Waals surface area contributed by atoms with Crippen molar-refractivity contribution in [3.8, 4) is 5.88 Å². The predicted molar refractivity (Wildman–Crippen MR) is 87.3 cm³/mol. The smallest absolute Gasteiger partial charge is 0.417 e. The molecule has 27 heavy (non-hydrogen) atoms. The van der Waals surface area contributed by atoms with Crippen LogP contribution in [0.4, 0.5) is 27.6 Å². The Labute approximate surface area is 151 Å². The minimum Gasteiger partial charge on any atom is -0.478 e. The number of primary amides is 1. The Balaban J connectivity index is 1.75. The Morgan fingerprint density at radius 2 is 1.89 bits per heavy atom. The normalized spacial score (nSPS) is 11.3. The van der Waals surface area contributed by atoms with E-state index in [1.54, 1.807) is 0 Å². The number of pyridine rings is 1. The number of amides is 1. The van der Waals surface area contributed by atoms with Gasteiger partial charge in [-0.25, -0.2) is 13.8 Å². The zero-order valence-electron chi connectivity index (χ0n) is 13.9. The van der Waals surface area contributed by atoms with Crippen molar-refractivity contribution >= 4 is 11.6 Å². The molecule has 0 unspecified atom stereocenters. The molecule has 0 spiro atoms. The molecule has 1 heterocycles. The van der Waals surface area contributed by atoms with Crippen LogP contribution in [0.2, 0.25) is 0 Å². The first kappa shape index (κ1) is 20.4. The number of hydrogen-bond acceptors (Lipinski definition) is 4. The van der Waals surface area contributed by atoms with Gasteiger partial charge in [-0.2, -0.15) is 13.2 Å². The van der Waals surface area contributed by atoms with Gasteiger partial charge in [0.25, 0.3) is 5.91 Å². The highest BCUT2D eigenvalue weighted by molar-refractivity contribution is 5.94. The molecule has 1 aromatic carbocycles. The molecule has 0 fully saturated rings. The monoisotopic (exact) mass is 389 g/mol. The van der Waals surface area contributed by atoms with Gasteiger partial charge in [-0.3, -0.25) is 4.79 Å². The van der Waals surface area contributed by atoms with E-state index in [1.807, 2.05) is 0 Å². The lowest BCUT2D eigenvalue weighted by atomic mass is 10.1. The van der Waals surface area contributed by atoms with Crippen LogP contribution in [0.15, 0.2) is 30.5 Å². The second-order valence-electron chi connectivity index (χ2n) is 5.51. The third-order valence-electron chi connectivity index (χ3n) is 3.54. The molecule has 146 valence electrons. The van der Waals surface area contributed by atoms with Gasteiger partial charge in [0.05, 0.1) is 17.9 Å². The molecule has 0 saturated carbocycles. The number of ether oxygens (including phenoxy) is 1. The van der Waals surface area contributed by atoms with E-state index < -0.39 is 34.8 Å². The molecule has 2 rings (SSSR count). The van der Waals surface area contributed by atoms with E-state index in [2.05, 4.69) is 10.3 Å². The summed E-state index contributed by atoms with van der Waals surface area (Å²) in [7, 11) is 0. The number of anilines is 1. The number of halogens is 5. The van der Waals surface area contributed by atoms with Gasteiger partial charge in [0.1, 0.15) is 11.4 Å². The van der Waals surface area contributed by atoms with Crippen molar-refractivity contribution in [1.29, 1.82) is 0 Å². The summed E-state index contributed by atoms with van der Waals surface area (Å²) >= 11 is 0. The molecule has 0 bridgehead atoms. The average molecular weight is 389 g/mol. The molecule has 5 nitrogen and oxygen atoms in total. The van der Waals surface area contributed by atoms with Crippen molar-refractivity contribution < 1.29 is 31.5 Å². The number of alkyl halides is 3. The Hall–Kier alpha value is -2.91. The standard InChI is InChI=1S/C17H16F5N3O2/c18-11-4-5-12(15(19)14(11)16(23)26)24-7-1-2-8-27-13-6-3-10(9-25-13)17(20,21)22/h3-6,9,24H,1-2,7-8H2,(H2,23,26). The van der Waals surface area contributed by atoms with Gasteiger partial charge >= 0.3 is 6.18 Å². The average Bonchev–Trinajstić information content (AvgIpc) is 2.59. The maximum atomic E-state index is 14.0. The number of aromatic nitrogens is 1. The fraction of sp³-hybridized carbons (Fsp3) is 0.294. The van der Waals surface area contributed by atoms with Crippen molar-refractivity contribution in [3.05, 3.63) is 53.2 Å². The highest BCUT2D eigenvalue weighted by atomic mass is 19.4. The molecule has 0 saturated heterocycles. The molecule has 0 aliphatic heterocycles. The molecular weight excluding hydrogens is 373 g/mol. The van der Waals surface area contributed by atoms with Crippen LogP contribution in [0.25, 0.3) is 0 Å². The van der Waals surface area contributed by atoms with Crippen LogP contribution in [0.5, 0.6) is 5.88 Å². The summed E-state index contributed by atoms with van der Waals surface area (Å²) in [6.45, 7) is 0.489. The second-order valence-corrected chi connectivity index (χ2v) is 5.51. The summed E-state index contributed by atoms with van der Waals surface area (Å²) in [6, 6.07) is 4.09. The van der Waals surface area contributed by atoms with Gasteiger partial charge in [-0.05, 0) is 31.0 Å². The van der Waals surface area contributed by atoms with Crippen molar-refractivity contribution in [1.82, 2.24) is 4.98 Å². The number of nitrogens with two attached hydrogens (primary N) is 1. The fourth-order valence-corrected chi connectivity index (χ4v) is 2.18. The molecule has 3 N–H and O–H groups in total. The van der Waals surface area contributed by atoms with Crippen molar-refractivity contribution in [3.63, 3.8) is 0 Å². The number of rotatable bonds is 8. The topological polar surface area (TPSA) is 77.2 Å². The van der Waals surface area contributed by atoms with Crippen molar-refractivity contribution in [2.24, 2.45) is 5.73 Å². The Morgan fingerprint density at radius 3 is 2.48 bits per heavy atom. The van der Waals surface area contributed by atoms with Crippen molar-refractivity contribution in [2.45, 2.75) is 19.0 Å². The van der Waals surface area contributed by atoms with Crippen LogP contribution in [0.1, 0.15) is 28.8 Å². The molecule has 0 radical (unpaired) electrons. The summed E-state index contributed by atoms with van der Waals surface area (Å²) < 4.78 is 69.8. The third kappa shape index (κ3) is 5.53. The maximum absolute atomic E-state index is 14.0. The number of hydrogen-bond donors (Lipinski definition) is 2. The number of benzene rings is 1. The van der Waals surface area contributed by atoms with E-state index in [0.717, 1.165) is 24.3 Å². The Bertz CT molecular complexity index is 794. The Morgan fingerprint density at radius 1 is 1.15 bits per heavy atom. The summed E-state index contributed by atoms with van der Waals surface area (Å²) in [5.41, 5.74) is 3.20. The summed E-state index contributed by atoms with van der Waals surface area (Å²) in [4.78, 5) is 14.6. The van der Waals surface area contributed by atoms with Gasteiger partial charge in [0, 0.05) is 18.8 Å². The second kappa shape index (κ2) is 8.65. The number of carbonyl (C=O) groups is 1. The van der Waals surface area contributed by atoms with Crippen LogP contribution in [-0.4, -0.2) is 24.0 Å².